The summed E-state index contributed by atoms with van der Waals surface area (Å²) in [5.41, 5.74) is 0.587. The summed E-state index contributed by atoms with van der Waals surface area (Å²) in [5.74, 6) is -3.52. The third-order valence-electron chi connectivity index (χ3n) is 4.51. The predicted molar refractivity (Wildman–Crippen MR) is 98.2 cm³/mol. The van der Waals surface area contributed by atoms with E-state index >= 15 is 0 Å². The third-order valence-corrected chi connectivity index (χ3v) is 6.00. The van der Waals surface area contributed by atoms with E-state index in [2.05, 4.69) is 9.71 Å². The topological polar surface area (TPSA) is 68.3 Å². The van der Waals surface area contributed by atoms with Crippen molar-refractivity contribution in [2.24, 2.45) is 5.92 Å². The van der Waals surface area contributed by atoms with E-state index in [0.717, 1.165) is 0 Å². The summed E-state index contributed by atoms with van der Waals surface area (Å²) in [6.07, 6.45) is 1.70. The second-order valence-electron chi connectivity index (χ2n) is 6.98. The number of pyridine rings is 1. The number of nitrogens with one attached hydrogen (secondary N) is 1. The molecule has 1 fully saturated rings. The average Bonchev–Trinajstić information content (AvgIpc) is 2.60. The number of rotatable bonds is 7. The van der Waals surface area contributed by atoms with Crippen molar-refractivity contribution in [1.29, 1.82) is 0 Å². The highest BCUT2D eigenvalue weighted by Gasteiger charge is 2.37. The summed E-state index contributed by atoms with van der Waals surface area (Å²) in [6.45, 7) is -0.00130. The van der Waals surface area contributed by atoms with Crippen LogP contribution in [-0.4, -0.2) is 25.1 Å². The summed E-state index contributed by atoms with van der Waals surface area (Å²) in [7, 11) is -3.68. The van der Waals surface area contributed by atoms with Crippen molar-refractivity contribution in [2.75, 3.05) is 5.75 Å². The maximum atomic E-state index is 13.4. The molecule has 0 amide bonds. The average molecular weight is 414 g/mol. The molecule has 1 N–H and O–H groups in total. The molecular weight excluding hydrogens is 393 g/mol. The molecule has 0 radical (unpaired) electrons. The van der Waals surface area contributed by atoms with E-state index in [4.69, 9.17) is 4.74 Å². The number of benzene rings is 1. The third kappa shape index (κ3) is 6.20. The van der Waals surface area contributed by atoms with Crippen molar-refractivity contribution in [3.05, 3.63) is 54.0 Å². The highest BCUT2D eigenvalue weighted by molar-refractivity contribution is 7.89. The first-order chi connectivity index (χ1) is 13.2. The van der Waals surface area contributed by atoms with Crippen molar-refractivity contribution in [2.45, 2.75) is 38.2 Å². The maximum absolute atomic E-state index is 13.4. The fourth-order valence-corrected chi connectivity index (χ4v) is 4.62. The molecule has 1 aromatic heterocycles. The Morgan fingerprint density at radius 3 is 2.75 bits per heavy atom. The van der Waals surface area contributed by atoms with Crippen LogP contribution in [0.15, 0.2) is 42.6 Å². The number of nitrogens with zero attached hydrogens (tertiary/aromatic N) is 1. The van der Waals surface area contributed by atoms with Crippen LogP contribution < -0.4 is 9.46 Å². The fraction of sp³-hybridized carbons (Fsp3) is 0.421. The van der Waals surface area contributed by atoms with Gasteiger partial charge in [-0.3, -0.25) is 0 Å². The smallest absolute Gasteiger partial charge is 0.248 e. The Balaban J connectivity index is 1.52. The Morgan fingerprint density at radius 1 is 1.25 bits per heavy atom. The maximum Gasteiger partial charge on any atom is 0.248 e. The molecule has 152 valence electrons. The Hall–Kier alpha value is -2.13. The molecule has 1 aliphatic carbocycles. The minimum atomic E-state index is -3.68. The molecule has 1 unspecified atom stereocenters. The molecule has 0 aliphatic heterocycles. The lowest BCUT2D eigenvalue weighted by Gasteiger charge is -2.28. The summed E-state index contributed by atoms with van der Waals surface area (Å²) in [4.78, 5) is 4.06. The van der Waals surface area contributed by atoms with Crippen molar-refractivity contribution < 1.29 is 26.3 Å². The molecule has 1 heterocycles. The Kier molecular flexibility index (Phi) is 6.24. The van der Waals surface area contributed by atoms with E-state index < -0.39 is 27.7 Å². The van der Waals surface area contributed by atoms with Gasteiger partial charge in [0.15, 0.2) is 0 Å². The normalized spacial score (nSPS) is 19.3. The first-order valence-corrected chi connectivity index (χ1v) is 10.6. The van der Waals surface area contributed by atoms with Crippen molar-refractivity contribution >= 4 is 10.0 Å². The molecular formula is C19H21F3N2O3S. The number of aromatic nitrogens is 1. The minimum Gasteiger partial charge on any atom is -0.439 e. The largest absolute Gasteiger partial charge is 0.439 e. The van der Waals surface area contributed by atoms with E-state index in [0.29, 0.717) is 24.2 Å². The number of hydrogen-bond donors (Lipinski definition) is 1. The fourth-order valence-electron chi connectivity index (χ4n) is 3.21. The number of hydrogen-bond acceptors (Lipinski definition) is 4. The summed E-state index contributed by atoms with van der Waals surface area (Å²) in [6, 6.07) is 8.77. The molecule has 28 heavy (non-hydrogen) atoms. The van der Waals surface area contributed by atoms with Crippen molar-refractivity contribution in [1.82, 2.24) is 9.71 Å². The van der Waals surface area contributed by atoms with Gasteiger partial charge in [0.05, 0.1) is 5.75 Å². The molecule has 0 bridgehead atoms. The van der Waals surface area contributed by atoms with Gasteiger partial charge in [-0.05, 0) is 36.5 Å². The van der Waals surface area contributed by atoms with Gasteiger partial charge >= 0.3 is 0 Å². The van der Waals surface area contributed by atoms with Gasteiger partial charge in [-0.2, -0.15) is 0 Å². The number of ether oxygens (including phenoxy) is 1. The Bertz CT molecular complexity index is 905. The first kappa shape index (κ1) is 20.6. The van der Waals surface area contributed by atoms with Gasteiger partial charge in [0.1, 0.15) is 11.6 Å². The van der Waals surface area contributed by atoms with Crippen molar-refractivity contribution in [3.8, 4) is 11.6 Å². The zero-order chi connectivity index (χ0) is 20.2. The van der Waals surface area contributed by atoms with Crippen LogP contribution in [0, 0.1) is 11.7 Å². The highest BCUT2D eigenvalue weighted by atomic mass is 32.2. The van der Waals surface area contributed by atoms with E-state index in [9.17, 15) is 21.6 Å². The van der Waals surface area contributed by atoms with Crippen LogP contribution in [0.4, 0.5) is 13.2 Å². The molecule has 0 spiro atoms. The summed E-state index contributed by atoms with van der Waals surface area (Å²) >= 11 is 0. The second kappa shape index (κ2) is 8.48. The van der Waals surface area contributed by atoms with Crippen LogP contribution >= 0.6 is 0 Å². The lowest BCUT2D eigenvalue weighted by atomic mass is 9.88. The molecule has 1 aromatic carbocycles. The monoisotopic (exact) mass is 414 g/mol. The van der Waals surface area contributed by atoms with Gasteiger partial charge in [0.25, 0.3) is 0 Å². The number of halogens is 3. The van der Waals surface area contributed by atoms with Gasteiger partial charge in [-0.15, -0.1) is 0 Å². The van der Waals surface area contributed by atoms with Crippen LogP contribution in [0.2, 0.25) is 0 Å². The van der Waals surface area contributed by atoms with Crippen LogP contribution in [0.1, 0.15) is 31.2 Å². The second-order valence-corrected chi connectivity index (χ2v) is 8.84. The Labute approximate surface area is 162 Å². The van der Waals surface area contributed by atoms with Gasteiger partial charge in [0, 0.05) is 37.7 Å². The van der Waals surface area contributed by atoms with Crippen molar-refractivity contribution in [3.63, 3.8) is 0 Å². The lowest BCUT2D eigenvalue weighted by Crippen LogP contribution is -2.34. The molecule has 0 saturated heterocycles. The molecule has 1 atom stereocenters. The number of alkyl halides is 2. The van der Waals surface area contributed by atoms with E-state index in [1.807, 2.05) is 0 Å². The molecule has 1 aliphatic rings. The highest BCUT2D eigenvalue weighted by Crippen LogP contribution is 2.37. The van der Waals surface area contributed by atoms with Crippen LogP contribution in [-0.2, 0) is 16.6 Å². The van der Waals surface area contributed by atoms with Gasteiger partial charge in [-0.1, -0.05) is 12.1 Å². The van der Waals surface area contributed by atoms with E-state index in [1.54, 1.807) is 12.1 Å². The summed E-state index contributed by atoms with van der Waals surface area (Å²) < 4.78 is 72.2. The molecule has 1 saturated carbocycles. The van der Waals surface area contributed by atoms with Crippen LogP contribution in [0.5, 0.6) is 11.6 Å². The minimum absolute atomic E-state index is 0.00130. The first-order valence-electron chi connectivity index (χ1n) is 8.94. The van der Waals surface area contributed by atoms with Gasteiger partial charge < -0.3 is 4.74 Å². The van der Waals surface area contributed by atoms with Crippen LogP contribution in [0.3, 0.4) is 0 Å². The predicted octanol–water partition coefficient (Wildman–Crippen LogP) is 4.26. The standard InChI is InChI=1S/C19H21F3N2O3S/c20-16-4-1-5-17(9-16)27-18-7-6-15(11-23-18)12-24-28(25,26)13-14-3-2-8-19(21,22)10-14/h1,4-7,9,11,14,24H,2-3,8,10,12-13H2. The molecule has 2 aromatic rings. The number of sulfonamides is 1. The molecule has 9 heteroatoms. The van der Waals surface area contributed by atoms with Crippen LogP contribution in [0.25, 0.3) is 0 Å². The Morgan fingerprint density at radius 2 is 2.07 bits per heavy atom. The summed E-state index contributed by atoms with van der Waals surface area (Å²) in [5, 5.41) is 0. The lowest BCUT2D eigenvalue weighted by molar-refractivity contribution is -0.0489. The van der Waals surface area contributed by atoms with Gasteiger partial charge in [-0.25, -0.2) is 31.3 Å². The van der Waals surface area contributed by atoms with E-state index in [1.165, 1.54) is 30.5 Å². The molecule has 3 rings (SSSR count). The van der Waals surface area contributed by atoms with Gasteiger partial charge in [0.2, 0.25) is 21.8 Å². The quantitative estimate of drug-likeness (QED) is 0.735. The zero-order valence-corrected chi connectivity index (χ0v) is 15.9. The SMILES string of the molecule is O=S(=O)(CC1CCCC(F)(F)C1)NCc1ccc(Oc2cccc(F)c2)nc1. The van der Waals surface area contributed by atoms with E-state index in [-0.39, 0.29) is 31.0 Å². The molecule has 5 nitrogen and oxygen atoms in total. The zero-order valence-electron chi connectivity index (χ0n) is 15.1.